The Morgan fingerprint density at radius 3 is 2.32 bits per heavy atom. The topological polar surface area (TPSA) is 86.8 Å². The zero-order chi connectivity index (χ0) is 24.3. The lowest BCUT2D eigenvalue weighted by Gasteiger charge is -2.37. The van der Waals surface area contributed by atoms with Crippen LogP contribution >= 0.6 is 0 Å². The molecule has 2 amide bonds. The zero-order valence-electron chi connectivity index (χ0n) is 19.2. The quantitative estimate of drug-likeness (QED) is 0.703. The molecule has 2 aliphatic heterocycles. The number of halogens is 1. The first-order chi connectivity index (χ1) is 16.3. The number of amides is 2. The maximum atomic E-state index is 13.2. The molecule has 2 saturated heterocycles. The van der Waals surface area contributed by atoms with E-state index >= 15 is 0 Å². The molecule has 0 bridgehead atoms. The first-order valence-electron chi connectivity index (χ1n) is 11.7. The zero-order valence-corrected chi connectivity index (χ0v) is 20.1. The third kappa shape index (κ3) is 5.31. The number of carbonyl (C=O) groups excluding carboxylic acids is 2. The van der Waals surface area contributed by atoms with Gasteiger partial charge in [0.05, 0.1) is 10.8 Å². The summed E-state index contributed by atoms with van der Waals surface area (Å²) in [7, 11) is -3.78. The Kier molecular flexibility index (Phi) is 7.33. The van der Waals surface area contributed by atoms with Crippen LogP contribution in [0.5, 0.6) is 0 Å². The largest absolute Gasteiger partial charge is 0.349 e. The summed E-state index contributed by atoms with van der Waals surface area (Å²) in [4.78, 5) is 27.6. The Balaban J connectivity index is 1.32. The van der Waals surface area contributed by atoms with Gasteiger partial charge in [-0.3, -0.25) is 9.59 Å². The maximum absolute atomic E-state index is 13.2. The minimum Gasteiger partial charge on any atom is -0.349 e. The lowest BCUT2D eigenvalue weighted by atomic mass is 9.96. The predicted molar refractivity (Wildman–Crippen MR) is 126 cm³/mol. The van der Waals surface area contributed by atoms with Crippen molar-refractivity contribution < 1.29 is 22.4 Å². The van der Waals surface area contributed by atoms with Gasteiger partial charge in [-0.05, 0) is 68.5 Å². The highest BCUT2D eigenvalue weighted by atomic mass is 32.2. The lowest BCUT2D eigenvalue weighted by Crippen LogP contribution is -2.51. The molecule has 182 valence electrons. The van der Waals surface area contributed by atoms with Crippen LogP contribution in [-0.2, 0) is 14.8 Å². The highest BCUT2D eigenvalue weighted by Crippen LogP contribution is 2.26. The smallest absolute Gasteiger partial charge is 0.251 e. The van der Waals surface area contributed by atoms with Crippen molar-refractivity contribution in [3.63, 3.8) is 0 Å². The van der Waals surface area contributed by atoms with Crippen LogP contribution < -0.4 is 5.32 Å². The number of sulfonamides is 1. The van der Waals surface area contributed by atoms with Gasteiger partial charge < -0.3 is 10.2 Å². The summed E-state index contributed by atoms with van der Waals surface area (Å²) in [6.45, 7) is 3.43. The van der Waals surface area contributed by atoms with Crippen LogP contribution in [0.1, 0.15) is 41.6 Å². The molecule has 2 fully saturated rings. The van der Waals surface area contributed by atoms with E-state index in [2.05, 4.69) is 5.32 Å². The summed E-state index contributed by atoms with van der Waals surface area (Å²) in [6.07, 6.45) is 2.55. The van der Waals surface area contributed by atoms with Gasteiger partial charge in [-0.2, -0.15) is 4.31 Å². The minimum atomic E-state index is -3.78. The third-order valence-electron chi connectivity index (χ3n) is 6.72. The molecule has 0 spiro atoms. The molecule has 2 aromatic rings. The van der Waals surface area contributed by atoms with Gasteiger partial charge in [0.2, 0.25) is 15.9 Å². The van der Waals surface area contributed by atoms with E-state index in [9.17, 15) is 22.4 Å². The monoisotopic (exact) mass is 487 g/mol. The van der Waals surface area contributed by atoms with E-state index in [0.29, 0.717) is 50.9 Å². The van der Waals surface area contributed by atoms with Crippen LogP contribution in [0.15, 0.2) is 53.4 Å². The van der Waals surface area contributed by atoms with Crippen LogP contribution in [0.2, 0.25) is 0 Å². The molecule has 1 atom stereocenters. The highest BCUT2D eigenvalue weighted by molar-refractivity contribution is 7.89. The first kappa shape index (κ1) is 24.3. The molecule has 2 aliphatic rings. The molecule has 0 aliphatic carbocycles. The number of aryl methyl sites for hydroxylation is 1. The second-order valence-corrected chi connectivity index (χ2v) is 11.0. The fourth-order valence-corrected chi connectivity index (χ4v) is 6.23. The molecule has 1 N–H and O–H groups in total. The molecule has 2 heterocycles. The van der Waals surface area contributed by atoms with Gasteiger partial charge in [0.25, 0.3) is 5.91 Å². The van der Waals surface area contributed by atoms with Gasteiger partial charge in [0, 0.05) is 37.8 Å². The predicted octanol–water partition coefficient (Wildman–Crippen LogP) is 2.96. The number of hydrogen-bond donors (Lipinski definition) is 1. The van der Waals surface area contributed by atoms with E-state index in [1.54, 1.807) is 11.0 Å². The number of piperidine rings is 2. The van der Waals surface area contributed by atoms with Crippen molar-refractivity contribution in [2.24, 2.45) is 5.92 Å². The summed E-state index contributed by atoms with van der Waals surface area (Å²) < 4.78 is 40.5. The molecule has 1 unspecified atom stereocenters. The molecule has 9 heteroatoms. The van der Waals surface area contributed by atoms with Crippen molar-refractivity contribution in [2.75, 3.05) is 26.2 Å². The van der Waals surface area contributed by atoms with E-state index in [0.717, 1.165) is 17.7 Å². The number of benzene rings is 2. The molecule has 2 aromatic carbocycles. The number of rotatable bonds is 5. The average molecular weight is 488 g/mol. The van der Waals surface area contributed by atoms with Gasteiger partial charge in [-0.15, -0.1) is 0 Å². The molecular formula is C25H30FN3O4S. The van der Waals surface area contributed by atoms with E-state index in [-0.39, 0.29) is 29.3 Å². The fourth-order valence-electron chi connectivity index (χ4n) is 4.71. The Morgan fingerprint density at radius 1 is 0.971 bits per heavy atom. The van der Waals surface area contributed by atoms with Crippen LogP contribution in [-0.4, -0.2) is 61.7 Å². The number of carbonyl (C=O) groups is 2. The van der Waals surface area contributed by atoms with Crippen molar-refractivity contribution in [3.8, 4) is 0 Å². The van der Waals surface area contributed by atoms with Crippen molar-refractivity contribution in [2.45, 2.75) is 43.5 Å². The molecule has 0 saturated carbocycles. The lowest BCUT2D eigenvalue weighted by molar-refractivity contribution is -0.137. The standard InChI is InChI=1S/C25H30FN3O4S/c1-18-5-2-3-7-23(18)24(30)27-21-12-15-28(16-13-21)25(31)19-6-4-14-29(17-19)34(32,33)22-10-8-20(26)9-11-22/h2-3,5,7-11,19,21H,4,6,12-17H2,1H3,(H,27,30). The number of hydrogen-bond acceptors (Lipinski definition) is 4. The van der Waals surface area contributed by atoms with E-state index in [1.807, 2.05) is 25.1 Å². The molecule has 4 rings (SSSR count). The van der Waals surface area contributed by atoms with Crippen LogP contribution in [0.25, 0.3) is 0 Å². The molecular weight excluding hydrogens is 457 g/mol. The summed E-state index contributed by atoms with van der Waals surface area (Å²) in [5.41, 5.74) is 1.58. The summed E-state index contributed by atoms with van der Waals surface area (Å²) in [5.74, 6) is -1.04. The van der Waals surface area contributed by atoms with Crippen molar-refractivity contribution in [1.82, 2.24) is 14.5 Å². The van der Waals surface area contributed by atoms with Crippen LogP contribution in [0.4, 0.5) is 4.39 Å². The van der Waals surface area contributed by atoms with Crippen molar-refractivity contribution in [3.05, 3.63) is 65.5 Å². The van der Waals surface area contributed by atoms with Gasteiger partial charge >= 0.3 is 0 Å². The van der Waals surface area contributed by atoms with Crippen molar-refractivity contribution in [1.29, 1.82) is 0 Å². The van der Waals surface area contributed by atoms with Gasteiger partial charge in [-0.25, -0.2) is 12.8 Å². The molecule has 7 nitrogen and oxygen atoms in total. The summed E-state index contributed by atoms with van der Waals surface area (Å²) in [6, 6.07) is 12.2. The van der Waals surface area contributed by atoms with E-state index in [4.69, 9.17) is 0 Å². The second-order valence-electron chi connectivity index (χ2n) is 9.04. The van der Waals surface area contributed by atoms with Crippen molar-refractivity contribution >= 4 is 21.8 Å². The Morgan fingerprint density at radius 2 is 1.65 bits per heavy atom. The number of nitrogens with one attached hydrogen (secondary N) is 1. The SMILES string of the molecule is Cc1ccccc1C(=O)NC1CCN(C(=O)C2CCCN(S(=O)(=O)c3ccc(F)cc3)C2)CC1. The minimum absolute atomic E-state index is 0.00198. The third-order valence-corrected chi connectivity index (χ3v) is 8.60. The Hall–Kier alpha value is -2.78. The number of nitrogens with zero attached hydrogens (tertiary/aromatic N) is 2. The van der Waals surface area contributed by atoms with E-state index < -0.39 is 21.8 Å². The summed E-state index contributed by atoms with van der Waals surface area (Å²) in [5, 5.41) is 3.07. The van der Waals surface area contributed by atoms with Crippen LogP contribution in [0.3, 0.4) is 0 Å². The first-order valence-corrected chi connectivity index (χ1v) is 13.1. The van der Waals surface area contributed by atoms with Crippen LogP contribution in [0, 0.1) is 18.7 Å². The Labute approximate surface area is 200 Å². The summed E-state index contributed by atoms with van der Waals surface area (Å²) >= 11 is 0. The van der Waals surface area contributed by atoms with Gasteiger partial charge in [-0.1, -0.05) is 18.2 Å². The van der Waals surface area contributed by atoms with Gasteiger partial charge in [0.15, 0.2) is 0 Å². The second kappa shape index (κ2) is 10.2. The molecule has 0 radical (unpaired) electrons. The normalized spacial score (nSPS) is 20.2. The average Bonchev–Trinajstić information content (AvgIpc) is 2.84. The Bertz CT molecular complexity index is 1150. The highest BCUT2D eigenvalue weighted by Gasteiger charge is 2.36. The molecule has 34 heavy (non-hydrogen) atoms. The fraction of sp³-hybridized carbons (Fsp3) is 0.440. The van der Waals surface area contributed by atoms with Gasteiger partial charge in [0.1, 0.15) is 5.82 Å². The number of likely N-dealkylation sites (tertiary alicyclic amines) is 1. The van der Waals surface area contributed by atoms with E-state index in [1.165, 1.54) is 16.4 Å². The molecule has 0 aromatic heterocycles. The maximum Gasteiger partial charge on any atom is 0.251 e.